The first-order valence-corrected chi connectivity index (χ1v) is 5.60. The van der Waals surface area contributed by atoms with E-state index in [1.54, 1.807) is 0 Å². The summed E-state index contributed by atoms with van der Waals surface area (Å²) in [5, 5.41) is 13.7. The van der Waals surface area contributed by atoms with E-state index in [9.17, 15) is 18.9 Å². The highest BCUT2D eigenvalue weighted by Gasteiger charge is 2.25. The van der Waals surface area contributed by atoms with Crippen LogP contribution in [-0.4, -0.2) is 21.9 Å². The molecule has 0 unspecified atom stereocenters. The number of halogens is 2. The van der Waals surface area contributed by atoms with E-state index >= 15 is 0 Å². The van der Waals surface area contributed by atoms with Crippen molar-refractivity contribution in [2.75, 3.05) is 12.4 Å². The van der Waals surface area contributed by atoms with Gasteiger partial charge in [-0.1, -0.05) is 0 Å². The maximum atomic E-state index is 13.8. The summed E-state index contributed by atoms with van der Waals surface area (Å²) in [6.07, 6.45) is 0. The van der Waals surface area contributed by atoms with E-state index in [-0.39, 0.29) is 22.9 Å². The fourth-order valence-electron chi connectivity index (χ4n) is 1.77. The predicted octanol–water partition coefficient (Wildman–Crippen LogP) is 2.68. The van der Waals surface area contributed by atoms with Crippen molar-refractivity contribution in [1.29, 1.82) is 0 Å². The molecule has 20 heavy (non-hydrogen) atoms. The number of nitrogens with zero attached hydrogens (tertiary/aromatic N) is 3. The SMILES string of the molecule is CNc1nc(C)c([N+](=O)[O-])c(-c2ccc(F)cc2F)n1. The second kappa shape index (κ2) is 5.16. The van der Waals surface area contributed by atoms with Crippen molar-refractivity contribution in [3.63, 3.8) is 0 Å². The van der Waals surface area contributed by atoms with Crippen LogP contribution in [0.4, 0.5) is 20.4 Å². The summed E-state index contributed by atoms with van der Waals surface area (Å²) < 4.78 is 26.7. The smallest absolute Gasteiger partial charge is 0.316 e. The summed E-state index contributed by atoms with van der Waals surface area (Å²) in [5.41, 5.74) is -0.660. The van der Waals surface area contributed by atoms with Crippen molar-refractivity contribution in [2.45, 2.75) is 6.92 Å². The van der Waals surface area contributed by atoms with Crippen LogP contribution >= 0.6 is 0 Å². The van der Waals surface area contributed by atoms with Gasteiger partial charge < -0.3 is 5.32 Å². The Morgan fingerprint density at radius 1 is 1.30 bits per heavy atom. The number of benzene rings is 1. The molecule has 8 heteroatoms. The van der Waals surface area contributed by atoms with Gasteiger partial charge in [-0.3, -0.25) is 10.1 Å². The standard InChI is InChI=1S/C12H10F2N4O2/c1-6-11(18(19)20)10(17-12(15-2)16-6)8-4-3-7(13)5-9(8)14/h3-5H,1-2H3,(H,15,16,17). The van der Waals surface area contributed by atoms with E-state index in [1.807, 2.05) is 0 Å². The van der Waals surface area contributed by atoms with Gasteiger partial charge in [-0.15, -0.1) is 0 Å². The quantitative estimate of drug-likeness (QED) is 0.690. The summed E-state index contributed by atoms with van der Waals surface area (Å²) in [4.78, 5) is 18.2. The number of anilines is 1. The minimum atomic E-state index is -0.923. The molecule has 0 bridgehead atoms. The van der Waals surface area contributed by atoms with Crippen molar-refractivity contribution in [3.05, 3.63) is 45.6 Å². The molecule has 0 amide bonds. The van der Waals surface area contributed by atoms with Gasteiger partial charge in [0.1, 0.15) is 17.3 Å². The fourth-order valence-corrected chi connectivity index (χ4v) is 1.77. The third kappa shape index (κ3) is 2.40. The van der Waals surface area contributed by atoms with Crippen molar-refractivity contribution in [1.82, 2.24) is 9.97 Å². The molecule has 0 spiro atoms. The highest BCUT2D eigenvalue weighted by Crippen LogP contribution is 2.32. The molecule has 0 aliphatic carbocycles. The van der Waals surface area contributed by atoms with Gasteiger partial charge in [0.15, 0.2) is 5.69 Å². The van der Waals surface area contributed by atoms with Crippen molar-refractivity contribution < 1.29 is 13.7 Å². The largest absolute Gasteiger partial charge is 0.357 e. The van der Waals surface area contributed by atoms with Crippen LogP contribution in [0, 0.1) is 28.7 Å². The van der Waals surface area contributed by atoms with E-state index in [2.05, 4.69) is 15.3 Å². The van der Waals surface area contributed by atoms with Crippen LogP contribution in [0.1, 0.15) is 5.69 Å². The van der Waals surface area contributed by atoms with E-state index in [1.165, 1.54) is 14.0 Å². The van der Waals surface area contributed by atoms with Gasteiger partial charge in [-0.05, 0) is 19.1 Å². The Bertz CT molecular complexity index is 691. The number of nitrogens with one attached hydrogen (secondary N) is 1. The minimum absolute atomic E-state index is 0.0908. The topological polar surface area (TPSA) is 81.0 Å². The number of aromatic nitrogens is 2. The Balaban J connectivity index is 2.76. The Morgan fingerprint density at radius 3 is 2.55 bits per heavy atom. The van der Waals surface area contributed by atoms with Gasteiger partial charge in [0.2, 0.25) is 5.95 Å². The van der Waals surface area contributed by atoms with Crippen molar-refractivity contribution in [2.24, 2.45) is 0 Å². The molecular formula is C12H10F2N4O2. The summed E-state index contributed by atoms with van der Waals surface area (Å²) in [6.45, 7) is 1.42. The average Bonchev–Trinajstić information content (AvgIpc) is 2.37. The lowest BCUT2D eigenvalue weighted by molar-refractivity contribution is -0.385. The second-order valence-electron chi connectivity index (χ2n) is 3.96. The number of rotatable bonds is 3. The van der Waals surface area contributed by atoms with E-state index in [4.69, 9.17) is 0 Å². The first-order chi connectivity index (χ1) is 9.43. The highest BCUT2D eigenvalue weighted by atomic mass is 19.1. The van der Waals surface area contributed by atoms with Gasteiger partial charge in [-0.25, -0.2) is 18.7 Å². The predicted molar refractivity (Wildman–Crippen MR) is 68.3 cm³/mol. The molecule has 1 N–H and O–H groups in total. The number of hydrogen-bond acceptors (Lipinski definition) is 5. The lowest BCUT2D eigenvalue weighted by Gasteiger charge is -2.08. The fraction of sp³-hybridized carbons (Fsp3) is 0.167. The van der Waals surface area contributed by atoms with Gasteiger partial charge >= 0.3 is 5.69 Å². The molecule has 0 atom stereocenters. The second-order valence-corrected chi connectivity index (χ2v) is 3.96. The lowest BCUT2D eigenvalue weighted by atomic mass is 10.1. The molecular weight excluding hydrogens is 270 g/mol. The first-order valence-electron chi connectivity index (χ1n) is 5.60. The third-order valence-corrected chi connectivity index (χ3v) is 2.65. The highest BCUT2D eigenvalue weighted by molar-refractivity contribution is 5.72. The summed E-state index contributed by atoms with van der Waals surface area (Å²) in [7, 11) is 1.53. The third-order valence-electron chi connectivity index (χ3n) is 2.65. The molecule has 0 saturated heterocycles. The molecule has 104 valence electrons. The van der Waals surface area contributed by atoms with Crippen LogP contribution in [-0.2, 0) is 0 Å². The van der Waals surface area contributed by atoms with Crippen LogP contribution < -0.4 is 5.32 Å². The van der Waals surface area contributed by atoms with Crippen molar-refractivity contribution >= 4 is 11.6 Å². The molecule has 6 nitrogen and oxygen atoms in total. The first kappa shape index (κ1) is 13.8. The molecule has 1 heterocycles. The molecule has 1 aromatic carbocycles. The maximum absolute atomic E-state index is 13.8. The van der Waals surface area contributed by atoms with E-state index in [0.717, 1.165) is 12.1 Å². The van der Waals surface area contributed by atoms with Crippen LogP contribution in [0.25, 0.3) is 11.3 Å². The molecule has 0 radical (unpaired) electrons. The zero-order valence-corrected chi connectivity index (χ0v) is 10.6. The molecule has 2 aromatic rings. The summed E-state index contributed by atoms with van der Waals surface area (Å²) in [5.74, 6) is -1.58. The van der Waals surface area contributed by atoms with E-state index < -0.39 is 22.2 Å². The maximum Gasteiger partial charge on any atom is 0.316 e. The summed E-state index contributed by atoms with van der Waals surface area (Å²) >= 11 is 0. The van der Waals surface area contributed by atoms with Crippen LogP contribution in [0.3, 0.4) is 0 Å². The molecule has 1 aromatic heterocycles. The molecule has 0 fully saturated rings. The van der Waals surface area contributed by atoms with Crippen LogP contribution in [0.5, 0.6) is 0 Å². The van der Waals surface area contributed by atoms with Gasteiger partial charge in [0, 0.05) is 18.7 Å². The Labute approximate surface area is 112 Å². The summed E-state index contributed by atoms with van der Waals surface area (Å²) in [6, 6.07) is 2.77. The Morgan fingerprint density at radius 2 is 2.00 bits per heavy atom. The zero-order chi connectivity index (χ0) is 14.9. The van der Waals surface area contributed by atoms with Gasteiger partial charge in [-0.2, -0.15) is 0 Å². The number of nitro groups is 1. The minimum Gasteiger partial charge on any atom is -0.357 e. The molecule has 0 aliphatic heterocycles. The normalized spacial score (nSPS) is 10.4. The number of aryl methyl sites for hydroxylation is 1. The molecule has 2 rings (SSSR count). The van der Waals surface area contributed by atoms with Crippen molar-refractivity contribution in [3.8, 4) is 11.3 Å². The van der Waals surface area contributed by atoms with E-state index in [0.29, 0.717) is 6.07 Å². The lowest BCUT2D eigenvalue weighted by Crippen LogP contribution is -2.05. The zero-order valence-electron chi connectivity index (χ0n) is 10.6. The average molecular weight is 280 g/mol. The Hall–Kier alpha value is -2.64. The van der Waals surface area contributed by atoms with Gasteiger partial charge in [0.05, 0.1) is 4.92 Å². The number of hydrogen-bond donors (Lipinski definition) is 1. The monoisotopic (exact) mass is 280 g/mol. The van der Waals surface area contributed by atoms with Crippen LogP contribution in [0.2, 0.25) is 0 Å². The molecule has 0 aliphatic rings. The van der Waals surface area contributed by atoms with Crippen LogP contribution in [0.15, 0.2) is 18.2 Å². The Kier molecular flexibility index (Phi) is 3.55. The van der Waals surface area contributed by atoms with Gasteiger partial charge in [0.25, 0.3) is 0 Å². The molecule has 0 saturated carbocycles.